The first-order valence-corrected chi connectivity index (χ1v) is 8.20. The topological polar surface area (TPSA) is 46.2 Å². The van der Waals surface area contributed by atoms with Crippen molar-refractivity contribution in [3.63, 3.8) is 0 Å². The Labute approximate surface area is 112 Å². The largest absolute Gasteiger partial charge is 0.382 e. The first-order chi connectivity index (χ1) is 8.57. The van der Waals surface area contributed by atoms with Gasteiger partial charge in [-0.1, -0.05) is 36.9 Å². The maximum atomic E-state index is 12.9. The molecule has 0 aromatic heterocycles. The van der Waals surface area contributed by atoms with E-state index < -0.39 is 14.6 Å². The van der Waals surface area contributed by atoms with Crippen LogP contribution in [-0.2, 0) is 9.84 Å². The number of nitrogens with one attached hydrogen (secondary N) is 1. The summed E-state index contributed by atoms with van der Waals surface area (Å²) in [6.45, 7) is 0.517. The Bertz CT molecular complexity index is 577. The van der Waals surface area contributed by atoms with E-state index >= 15 is 0 Å². The highest BCUT2D eigenvalue weighted by Gasteiger charge is 2.49. The zero-order valence-electron chi connectivity index (χ0n) is 10.1. The van der Waals surface area contributed by atoms with Crippen molar-refractivity contribution in [3.8, 4) is 0 Å². The molecule has 0 atom stereocenters. The summed E-state index contributed by atoms with van der Waals surface area (Å²) in [5.74, 6) is 0. The van der Waals surface area contributed by atoms with Crippen LogP contribution in [0.1, 0.15) is 32.1 Å². The first kappa shape index (κ1) is 12.3. The van der Waals surface area contributed by atoms with E-state index in [0.29, 0.717) is 22.2 Å². The van der Waals surface area contributed by atoms with Gasteiger partial charge in [-0.05, 0) is 25.0 Å². The molecular weight excluding hydrogens is 270 g/mol. The van der Waals surface area contributed by atoms with Crippen LogP contribution in [0.4, 0.5) is 5.69 Å². The van der Waals surface area contributed by atoms with Gasteiger partial charge in [0.2, 0.25) is 0 Å². The van der Waals surface area contributed by atoms with Gasteiger partial charge in [-0.3, -0.25) is 0 Å². The molecule has 1 saturated carbocycles. The lowest BCUT2D eigenvalue weighted by molar-refractivity contribution is 0.381. The summed E-state index contributed by atoms with van der Waals surface area (Å²) in [6, 6.07) is 5.22. The smallest absolute Gasteiger partial charge is 0.189 e. The van der Waals surface area contributed by atoms with Crippen molar-refractivity contribution in [1.29, 1.82) is 0 Å². The molecule has 2 aliphatic rings. The van der Waals surface area contributed by atoms with E-state index in [0.717, 1.165) is 32.1 Å². The van der Waals surface area contributed by atoms with Gasteiger partial charge in [0.25, 0.3) is 0 Å². The van der Waals surface area contributed by atoms with Gasteiger partial charge in [0.1, 0.15) is 4.90 Å². The molecule has 1 N–H and O–H groups in total. The summed E-state index contributed by atoms with van der Waals surface area (Å²) in [5.41, 5.74) is 0.652. The van der Waals surface area contributed by atoms with Crippen LogP contribution in [0.3, 0.4) is 0 Å². The van der Waals surface area contributed by atoms with E-state index in [1.807, 2.05) is 0 Å². The minimum Gasteiger partial charge on any atom is -0.382 e. The van der Waals surface area contributed by atoms with Crippen LogP contribution in [0.2, 0.25) is 5.02 Å². The van der Waals surface area contributed by atoms with Gasteiger partial charge < -0.3 is 5.32 Å². The van der Waals surface area contributed by atoms with Gasteiger partial charge in [-0.15, -0.1) is 0 Å². The van der Waals surface area contributed by atoms with Crippen molar-refractivity contribution in [3.05, 3.63) is 23.2 Å². The lowest BCUT2D eigenvalue weighted by Gasteiger charge is -2.41. The maximum absolute atomic E-state index is 12.9. The highest BCUT2D eigenvalue weighted by molar-refractivity contribution is 7.93. The van der Waals surface area contributed by atoms with Gasteiger partial charge in [0.05, 0.1) is 15.5 Å². The third kappa shape index (κ3) is 1.58. The average Bonchev–Trinajstić information content (AvgIpc) is 2.36. The maximum Gasteiger partial charge on any atom is 0.189 e. The standard InChI is InChI=1S/C13H16ClNO2S/c14-10-5-4-6-11-12(10)18(16,17)13(9-15-11)7-2-1-3-8-13/h4-6,15H,1-3,7-9H2. The Hall–Kier alpha value is -0.740. The number of benzene rings is 1. The van der Waals surface area contributed by atoms with Crippen molar-refractivity contribution < 1.29 is 8.42 Å². The van der Waals surface area contributed by atoms with Crippen LogP contribution < -0.4 is 5.32 Å². The molecule has 3 nitrogen and oxygen atoms in total. The van der Waals surface area contributed by atoms with E-state index in [-0.39, 0.29) is 0 Å². The van der Waals surface area contributed by atoms with E-state index in [4.69, 9.17) is 11.6 Å². The SMILES string of the molecule is O=S1(=O)c2c(Cl)cccc2NCC12CCCCC2. The highest BCUT2D eigenvalue weighted by Crippen LogP contribution is 2.46. The number of anilines is 1. The third-order valence-electron chi connectivity index (χ3n) is 4.17. The molecule has 1 aliphatic heterocycles. The van der Waals surface area contributed by atoms with E-state index in [1.54, 1.807) is 18.2 Å². The van der Waals surface area contributed by atoms with Crippen LogP contribution in [0.25, 0.3) is 0 Å². The molecule has 1 aromatic rings. The molecule has 0 saturated heterocycles. The molecule has 0 radical (unpaired) electrons. The molecule has 98 valence electrons. The fourth-order valence-corrected chi connectivity index (χ4v) is 5.89. The highest BCUT2D eigenvalue weighted by atomic mass is 35.5. The van der Waals surface area contributed by atoms with Gasteiger partial charge in [0, 0.05) is 6.54 Å². The van der Waals surface area contributed by atoms with Crippen molar-refractivity contribution in [2.45, 2.75) is 41.7 Å². The predicted molar refractivity (Wildman–Crippen MR) is 72.9 cm³/mol. The number of halogens is 1. The molecule has 1 aromatic carbocycles. The van der Waals surface area contributed by atoms with Crippen LogP contribution in [-0.4, -0.2) is 19.7 Å². The minimum absolute atomic E-state index is 0.305. The monoisotopic (exact) mass is 285 g/mol. The van der Waals surface area contributed by atoms with Crippen LogP contribution in [0.5, 0.6) is 0 Å². The second-order valence-corrected chi connectivity index (χ2v) is 7.91. The normalized spacial score (nSPS) is 24.3. The molecule has 0 amide bonds. The molecule has 1 heterocycles. The molecule has 1 aliphatic carbocycles. The van der Waals surface area contributed by atoms with Crippen molar-refractivity contribution in [2.24, 2.45) is 0 Å². The molecule has 18 heavy (non-hydrogen) atoms. The lowest BCUT2D eigenvalue weighted by Crippen LogP contribution is -2.49. The summed E-state index contributed by atoms with van der Waals surface area (Å²) < 4.78 is 25.1. The molecule has 5 heteroatoms. The van der Waals surface area contributed by atoms with Crippen LogP contribution >= 0.6 is 11.6 Å². The Kier molecular flexibility index (Phi) is 2.83. The second kappa shape index (κ2) is 4.14. The number of hydrogen-bond donors (Lipinski definition) is 1. The zero-order chi connectivity index (χ0) is 12.8. The van der Waals surface area contributed by atoms with Crippen molar-refractivity contribution >= 4 is 27.1 Å². The van der Waals surface area contributed by atoms with Gasteiger partial charge in [-0.25, -0.2) is 8.42 Å². The Morgan fingerprint density at radius 2 is 1.89 bits per heavy atom. The first-order valence-electron chi connectivity index (χ1n) is 6.34. The van der Waals surface area contributed by atoms with Gasteiger partial charge in [-0.2, -0.15) is 0 Å². The Morgan fingerprint density at radius 3 is 2.61 bits per heavy atom. The van der Waals surface area contributed by atoms with Crippen molar-refractivity contribution in [1.82, 2.24) is 0 Å². The fourth-order valence-electron chi connectivity index (χ4n) is 3.13. The van der Waals surface area contributed by atoms with Gasteiger partial charge in [0.15, 0.2) is 9.84 Å². The van der Waals surface area contributed by atoms with Gasteiger partial charge >= 0.3 is 0 Å². The van der Waals surface area contributed by atoms with Crippen LogP contribution in [0, 0.1) is 0 Å². The summed E-state index contributed by atoms with van der Waals surface area (Å²) in [6.07, 6.45) is 4.59. The quantitative estimate of drug-likeness (QED) is 0.796. The summed E-state index contributed by atoms with van der Waals surface area (Å²) in [5, 5.41) is 3.59. The molecule has 1 fully saturated rings. The molecular formula is C13H16ClNO2S. The number of sulfone groups is 1. The molecule has 0 bridgehead atoms. The molecule has 1 spiro atoms. The van der Waals surface area contributed by atoms with Crippen molar-refractivity contribution in [2.75, 3.05) is 11.9 Å². The third-order valence-corrected chi connectivity index (χ3v) is 7.27. The van der Waals surface area contributed by atoms with E-state index in [2.05, 4.69) is 5.32 Å². The Balaban J connectivity index is 2.18. The predicted octanol–water partition coefficient (Wildman–Crippen LogP) is 3.24. The number of hydrogen-bond acceptors (Lipinski definition) is 3. The Morgan fingerprint density at radius 1 is 1.17 bits per heavy atom. The van der Waals surface area contributed by atoms with Crippen LogP contribution in [0.15, 0.2) is 23.1 Å². The zero-order valence-corrected chi connectivity index (χ0v) is 11.6. The molecule has 0 unspecified atom stereocenters. The minimum atomic E-state index is -3.33. The lowest BCUT2D eigenvalue weighted by atomic mass is 9.88. The fraction of sp³-hybridized carbons (Fsp3) is 0.538. The second-order valence-electron chi connectivity index (χ2n) is 5.22. The number of rotatable bonds is 0. The van der Waals surface area contributed by atoms with E-state index in [1.165, 1.54) is 0 Å². The summed E-state index contributed by atoms with van der Waals surface area (Å²) in [7, 11) is -3.33. The summed E-state index contributed by atoms with van der Waals surface area (Å²) in [4.78, 5) is 0.305. The van der Waals surface area contributed by atoms with E-state index in [9.17, 15) is 8.42 Å². The average molecular weight is 286 g/mol. The molecule has 3 rings (SSSR count). The number of fused-ring (bicyclic) bond motifs is 1. The summed E-state index contributed by atoms with van der Waals surface area (Å²) >= 11 is 6.11.